The van der Waals surface area contributed by atoms with Gasteiger partial charge < -0.3 is 9.47 Å². The molecule has 2 saturated heterocycles. The van der Waals surface area contributed by atoms with E-state index in [9.17, 15) is 22.0 Å². The Hall–Kier alpha value is -3.13. The lowest BCUT2D eigenvalue weighted by atomic mass is 10.0. The van der Waals surface area contributed by atoms with Crippen molar-refractivity contribution in [2.24, 2.45) is 0 Å². The Morgan fingerprint density at radius 3 is 2.79 bits per heavy atom. The number of rotatable bonds is 9. The molecule has 2 aromatic heterocycles. The fraction of sp³-hybridized carbons (Fsp3) is 0.462. The molecule has 2 aliphatic heterocycles. The average Bonchev–Trinajstić information content (AvgIpc) is 3.56. The van der Waals surface area contributed by atoms with E-state index in [1.165, 1.54) is 16.8 Å². The van der Waals surface area contributed by atoms with Crippen molar-refractivity contribution >= 4 is 21.6 Å². The molecule has 2 aliphatic rings. The van der Waals surface area contributed by atoms with Crippen LogP contribution in [0.5, 0.6) is 5.75 Å². The maximum Gasteiger partial charge on any atom is 0.305 e. The van der Waals surface area contributed by atoms with Crippen molar-refractivity contribution in [3.63, 3.8) is 0 Å². The molecular weight excluding hydrogens is 532 g/mol. The van der Waals surface area contributed by atoms with E-state index in [1.807, 2.05) is 4.90 Å². The number of hydrogen-bond donors (Lipinski definition) is 1. The number of aromatic nitrogens is 2. The molecule has 2 fully saturated rings. The third-order valence-electron chi connectivity index (χ3n) is 7.14. The highest BCUT2D eigenvalue weighted by Crippen LogP contribution is 2.40. The van der Waals surface area contributed by atoms with Crippen molar-refractivity contribution < 1.29 is 31.5 Å². The van der Waals surface area contributed by atoms with Crippen LogP contribution < -0.4 is 9.46 Å². The molecule has 1 amide bonds. The Morgan fingerprint density at radius 1 is 1.23 bits per heavy atom. The van der Waals surface area contributed by atoms with Crippen molar-refractivity contribution in [2.45, 2.75) is 44.8 Å². The van der Waals surface area contributed by atoms with E-state index in [0.29, 0.717) is 56.5 Å². The minimum atomic E-state index is -4.25. The van der Waals surface area contributed by atoms with Crippen LogP contribution in [-0.2, 0) is 14.9 Å². The lowest BCUT2D eigenvalue weighted by molar-refractivity contribution is 0.0228. The second-order valence-corrected chi connectivity index (χ2v) is 11.3. The molecule has 4 heterocycles. The number of hydrogen-bond acceptors (Lipinski definition) is 7. The highest BCUT2D eigenvalue weighted by Gasteiger charge is 2.35. The lowest BCUT2D eigenvalue weighted by Gasteiger charge is -2.32. The van der Waals surface area contributed by atoms with Crippen LogP contribution in [-0.4, -0.2) is 72.2 Å². The predicted molar refractivity (Wildman–Crippen MR) is 138 cm³/mol. The SMILES string of the molecule is CCN(CN1CCC[C@@H]1c1cc(F)cc(F)c1OC1CCOCC1)S(=O)(=O)NC(=O)c1cnn2ccccc12. The van der Waals surface area contributed by atoms with Crippen LogP contribution in [0.3, 0.4) is 0 Å². The quantitative estimate of drug-likeness (QED) is 0.426. The molecule has 1 N–H and O–H groups in total. The minimum absolute atomic E-state index is 0.00695. The Labute approximate surface area is 225 Å². The van der Waals surface area contributed by atoms with E-state index >= 15 is 0 Å². The highest BCUT2D eigenvalue weighted by atomic mass is 32.2. The van der Waals surface area contributed by atoms with Crippen LogP contribution in [0, 0.1) is 11.6 Å². The third-order valence-corrected chi connectivity index (χ3v) is 8.63. The first-order chi connectivity index (χ1) is 18.8. The first kappa shape index (κ1) is 27.4. The average molecular weight is 564 g/mol. The van der Waals surface area contributed by atoms with Crippen molar-refractivity contribution in [3.05, 3.63) is 65.5 Å². The smallest absolute Gasteiger partial charge is 0.305 e. The molecule has 0 saturated carbocycles. The van der Waals surface area contributed by atoms with Crippen molar-refractivity contribution in [1.82, 2.24) is 23.5 Å². The molecule has 0 radical (unpaired) electrons. The van der Waals surface area contributed by atoms with Crippen LogP contribution in [0.1, 0.15) is 54.6 Å². The van der Waals surface area contributed by atoms with Crippen LogP contribution in [0.2, 0.25) is 0 Å². The van der Waals surface area contributed by atoms with Gasteiger partial charge in [0, 0.05) is 49.8 Å². The van der Waals surface area contributed by atoms with E-state index in [2.05, 4.69) is 9.82 Å². The van der Waals surface area contributed by atoms with Gasteiger partial charge in [-0.25, -0.2) is 18.0 Å². The third kappa shape index (κ3) is 5.91. The Kier molecular flexibility index (Phi) is 8.12. The molecule has 1 atom stereocenters. The molecule has 13 heteroatoms. The zero-order chi connectivity index (χ0) is 27.6. The van der Waals surface area contributed by atoms with Crippen LogP contribution >= 0.6 is 0 Å². The maximum atomic E-state index is 15.0. The zero-order valence-electron chi connectivity index (χ0n) is 21.6. The number of halogens is 2. The summed E-state index contributed by atoms with van der Waals surface area (Å²) in [5.41, 5.74) is 0.942. The number of likely N-dealkylation sites (tertiary alicyclic amines) is 1. The van der Waals surface area contributed by atoms with Crippen LogP contribution in [0.4, 0.5) is 8.78 Å². The van der Waals surface area contributed by atoms with E-state index < -0.39 is 33.8 Å². The predicted octanol–water partition coefficient (Wildman–Crippen LogP) is 3.26. The Bertz CT molecular complexity index is 1440. The van der Waals surface area contributed by atoms with Gasteiger partial charge in [0.25, 0.3) is 5.91 Å². The van der Waals surface area contributed by atoms with Gasteiger partial charge in [-0.3, -0.25) is 9.69 Å². The van der Waals surface area contributed by atoms with Gasteiger partial charge in [-0.05, 0) is 31.0 Å². The molecule has 0 bridgehead atoms. The topological polar surface area (TPSA) is 105 Å². The first-order valence-corrected chi connectivity index (χ1v) is 14.4. The summed E-state index contributed by atoms with van der Waals surface area (Å²) < 4.78 is 72.0. The number of carbonyl (C=O) groups excluding carboxylic acids is 1. The van der Waals surface area contributed by atoms with Crippen LogP contribution in [0.25, 0.3) is 5.52 Å². The largest absolute Gasteiger partial charge is 0.487 e. The number of amides is 1. The molecule has 0 spiro atoms. The fourth-order valence-electron chi connectivity index (χ4n) is 5.15. The number of nitrogens with zero attached hydrogens (tertiary/aromatic N) is 4. The summed E-state index contributed by atoms with van der Waals surface area (Å²) in [6, 6.07) is 6.73. The Morgan fingerprint density at radius 2 is 2.03 bits per heavy atom. The summed E-state index contributed by atoms with van der Waals surface area (Å²) in [7, 11) is -4.25. The first-order valence-electron chi connectivity index (χ1n) is 13.0. The van der Waals surface area contributed by atoms with E-state index in [4.69, 9.17) is 9.47 Å². The van der Waals surface area contributed by atoms with Crippen LogP contribution in [0.15, 0.2) is 42.7 Å². The number of pyridine rings is 1. The van der Waals surface area contributed by atoms with Crippen molar-refractivity contribution in [3.8, 4) is 5.75 Å². The summed E-state index contributed by atoms with van der Waals surface area (Å²) in [6.07, 6.45) is 5.17. The number of ether oxygens (including phenoxy) is 2. The lowest BCUT2D eigenvalue weighted by Crippen LogP contribution is -2.48. The molecule has 3 aromatic rings. The molecule has 0 unspecified atom stereocenters. The van der Waals surface area contributed by atoms with Gasteiger partial charge in [0.1, 0.15) is 11.9 Å². The molecule has 1 aromatic carbocycles. The molecule has 0 aliphatic carbocycles. The monoisotopic (exact) mass is 563 g/mol. The van der Waals surface area contributed by atoms with E-state index in [-0.39, 0.29) is 30.6 Å². The standard InChI is InChI=1S/C26H31F2N5O5S/c1-2-32(39(35,36)30-26(34)21-16-29-33-11-4-3-6-24(21)33)17-31-10-5-7-23(31)20-14-18(27)15-22(28)25(20)38-19-8-12-37-13-9-19/h3-4,6,11,14-16,19,23H,2,5,7-10,12-13,17H2,1H3,(H,30,34)/t23-/m1/s1. The molecule has 210 valence electrons. The molecule has 5 rings (SSSR count). The van der Waals surface area contributed by atoms with Gasteiger partial charge in [0.15, 0.2) is 11.6 Å². The number of benzene rings is 1. The summed E-state index contributed by atoms with van der Waals surface area (Å²) in [5, 5.41) is 4.08. The molecule has 39 heavy (non-hydrogen) atoms. The summed E-state index contributed by atoms with van der Waals surface area (Å²) in [5.74, 6) is -2.32. The second kappa shape index (κ2) is 11.5. The van der Waals surface area contributed by atoms with Crippen molar-refractivity contribution in [1.29, 1.82) is 0 Å². The van der Waals surface area contributed by atoms with Gasteiger partial charge in [-0.2, -0.15) is 17.8 Å². The van der Waals surface area contributed by atoms with Gasteiger partial charge >= 0.3 is 10.2 Å². The normalized spacial score (nSPS) is 19.1. The molecule has 10 nitrogen and oxygen atoms in total. The van der Waals surface area contributed by atoms with Gasteiger partial charge in [0.2, 0.25) is 0 Å². The number of nitrogens with one attached hydrogen (secondary N) is 1. The summed E-state index contributed by atoms with van der Waals surface area (Å²) >= 11 is 0. The van der Waals surface area contributed by atoms with Gasteiger partial charge in [-0.15, -0.1) is 0 Å². The van der Waals surface area contributed by atoms with E-state index in [1.54, 1.807) is 31.3 Å². The van der Waals surface area contributed by atoms with Crippen molar-refractivity contribution in [2.75, 3.05) is 33.0 Å². The number of carbonyl (C=O) groups is 1. The van der Waals surface area contributed by atoms with Gasteiger partial charge in [-0.1, -0.05) is 13.0 Å². The Balaban J connectivity index is 1.35. The highest BCUT2D eigenvalue weighted by molar-refractivity contribution is 7.87. The fourth-order valence-corrected chi connectivity index (χ4v) is 6.27. The van der Waals surface area contributed by atoms with E-state index in [0.717, 1.165) is 10.4 Å². The van der Waals surface area contributed by atoms with Gasteiger partial charge in [0.05, 0.1) is 37.2 Å². The molecular formula is C26H31F2N5O5S. The summed E-state index contributed by atoms with van der Waals surface area (Å²) in [6.45, 7) is 3.17. The second-order valence-electron chi connectivity index (χ2n) is 9.64. The maximum absolute atomic E-state index is 15.0. The number of fused-ring (bicyclic) bond motifs is 1. The summed E-state index contributed by atoms with van der Waals surface area (Å²) in [4.78, 5) is 14.7. The minimum Gasteiger partial charge on any atom is -0.487 e. The zero-order valence-corrected chi connectivity index (χ0v) is 22.4.